The minimum absolute atomic E-state index is 0.0321. The lowest BCUT2D eigenvalue weighted by atomic mass is 9.74. The van der Waals surface area contributed by atoms with Crippen molar-refractivity contribution in [3.05, 3.63) is 0 Å². The van der Waals surface area contributed by atoms with Gasteiger partial charge in [-0.05, 0) is 24.7 Å². The van der Waals surface area contributed by atoms with E-state index < -0.39 is 37.2 Å². The van der Waals surface area contributed by atoms with E-state index in [0.29, 0.717) is 0 Å². The largest absolute Gasteiger partial charge is 0.396 e. The van der Waals surface area contributed by atoms with Gasteiger partial charge in [0.1, 0.15) is 0 Å². The van der Waals surface area contributed by atoms with Crippen LogP contribution in [0.2, 0.25) is 0 Å². The molecule has 0 aliphatic carbocycles. The summed E-state index contributed by atoms with van der Waals surface area (Å²) in [6.45, 7) is 1.16. The summed E-state index contributed by atoms with van der Waals surface area (Å²) >= 11 is 0. The Hall–Kier alpha value is -0.460. The lowest BCUT2D eigenvalue weighted by molar-refractivity contribution is -0.151. The van der Waals surface area contributed by atoms with Crippen LogP contribution in [-0.4, -0.2) is 24.1 Å². The third kappa shape index (κ3) is 7.79. The first-order valence-electron chi connectivity index (χ1n) is 5.78. The summed E-state index contributed by atoms with van der Waals surface area (Å²) in [5.74, 6) is 0. The van der Waals surface area contributed by atoms with Crippen molar-refractivity contribution in [1.82, 2.24) is 0 Å². The van der Waals surface area contributed by atoms with Gasteiger partial charge in [0.2, 0.25) is 0 Å². The van der Waals surface area contributed by atoms with E-state index in [1.807, 2.05) is 0 Å². The van der Waals surface area contributed by atoms with Crippen molar-refractivity contribution in [1.29, 1.82) is 0 Å². The highest BCUT2D eigenvalue weighted by Crippen LogP contribution is 2.42. The molecule has 0 unspecified atom stereocenters. The molecule has 0 saturated heterocycles. The molecule has 7 heteroatoms. The molecule has 0 aliphatic heterocycles. The van der Waals surface area contributed by atoms with Crippen LogP contribution in [0.1, 0.15) is 45.4 Å². The number of rotatable bonds is 7. The van der Waals surface area contributed by atoms with Gasteiger partial charge in [0.15, 0.2) is 0 Å². The van der Waals surface area contributed by atoms with Gasteiger partial charge in [-0.3, -0.25) is 0 Å². The smallest absolute Gasteiger partial charge is 0.389 e. The van der Waals surface area contributed by atoms with Crippen LogP contribution in [0.25, 0.3) is 0 Å². The first kappa shape index (κ1) is 17.5. The second-order valence-electron chi connectivity index (χ2n) is 4.56. The number of alkyl halides is 6. The van der Waals surface area contributed by atoms with E-state index in [0.717, 1.165) is 0 Å². The molecule has 0 aromatic carbocycles. The Morgan fingerprint density at radius 2 is 1.11 bits per heavy atom. The van der Waals surface area contributed by atoms with Crippen LogP contribution < -0.4 is 0 Å². The lowest BCUT2D eigenvalue weighted by Gasteiger charge is -2.33. The molecule has 0 fully saturated rings. The van der Waals surface area contributed by atoms with Crippen LogP contribution in [0.5, 0.6) is 0 Å². The Balaban J connectivity index is 4.60. The second kappa shape index (κ2) is 6.63. The quantitative estimate of drug-likeness (QED) is 0.683. The minimum atomic E-state index is -4.38. The Morgan fingerprint density at radius 3 is 1.33 bits per heavy atom. The fourth-order valence-corrected chi connectivity index (χ4v) is 1.96. The maximum absolute atomic E-state index is 12.2. The maximum atomic E-state index is 12.2. The fourth-order valence-electron chi connectivity index (χ4n) is 1.96. The molecule has 0 bridgehead atoms. The predicted molar refractivity (Wildman–Crippen MR) is 55.0 cm³/mol. The number of halogens is 6. The zero-order chi connectivity index (χ0) is 14.4. The zero-order valence-corrected chi connectivity index (χ0v) is 10.2. The van der Waals surface area contributed by atoms with E-state index >= 15 is 0 Å². The van der Waals surface area contributed by atoms with E-state index in [4.69, 9.17) is 5.11 Å². The van der Waals surface area contributed by atoms with Crippen molar-refractivity contribution in [2.45, 2.75) is 57.8 Å². The van der Waals surface area contributed by atoms with Crippen LogP contribution in [-0.2, 0) is 0 Å². The Labute approximate surface area is 102 Å². The molecule has 1 N–H and O–H groups in total. The molecule has 0 heterocycles. The van der Waals surface area contributed by atoms with Gasteiger partial charge in [0, 0.05) is 19.4 Å². The molecule has 0 aromatic heterocycles. The summed E-state index contributed by atoms with van der Waals surface area (Å²) in [6.07, 6.45) is -11.6. The van der Waals surface area contributed by atoms with Crippen molar-refractivity contribution in [2.24, 2.45) is 5.41 Å². The zero-order valence-electron chi connectivity index (χ0n) is 10.2. The fraction of sp³-hybridized carbons (Fsp3) is 1.00. The molecule has 0 radical (unpaired) electrons. The molecule has 110 valence electrons. The van der Waals surface area contributed by atoms with Crippen molar-refractivity contribution in [3.63, 3.8) is 0 Å². The average molecular weight is 280 g/mol. The van der Waals surface area contributed by atoms with Gasteiger partial charge in [-0.2, -0.15) is 26.3 Å². The summed E-state index contributed by atoms with van der Waals surface area (Å²) < 4.78 is 72.9. The number of aliphatic hydroxyl groups is 1. The number of hydrogen-bond acceptors (Lipinski definition) is 1. The Kier molecular flexibility index (Phi) is 6.46. The molecule has 0 saturated carbocycles. The third-order valence-corrected chi connectivity index (χ3v) is 3.27. The van der Waals surface area contributed by atoms with E-state index in [1.165, 1.54) is 0 Å². The predicted octanol–water partition coefficient (Wildman–Crippen LogP) is 4.45. The van der Waals surface area contributed by atoms with E-state index in [1.54, 1.807) is 6.92 Å². The van der Waals surface area contributed by atoms with Gasteiger partial charge in [0.05, 0.1) is 0 Å². The summed E-state index contributed by atoms with van der Waals surface area (Å²) in [5, 5.41) is 8.83. The molecule has 0 aromatic rings. The Morgan fingerprint density at radius 1 is 0.722 bits per heavy atom. The average Bonchev–Trinajstić information content (AvgIpc) is 2.20. The van der Waals surface area contributed by atoms with Crippen LogP contribution in [0.4, 0.5) is 26.3 Å². The molecule has 18 heavy (non-hydrogen) atoms. The van der Waals surface area contributed by atoms with E-state index in [2.05, 4.69) is 0 Å². The first-order chi connectivity index (χ1) is 8.04. The highest BCUT2D eigenvalue weighted by atomic mass is 19.4. The number of aliphatic hydroxyl groups excluding tert-OH is 1. The van der Waals surface area contributed by atoms with Crippen molar-refractivity contribution >= 4 is 0 Å². The topological polar surface area (TPSA) is 20.2 Å². The van der Waals surface area contributed by atoms with Gasteiger partial charge in [-0.15, -0.1) is 0 Å². The monoisotopic (exact) mass is 280 g/mol. The molecule has 0 amide bonds. The minimum Gasteiger partial charge on any atom is -0.396 e. The lowest BCUT2D eigenvalue weighted by Crippen LogP contribution is -2.26. The van der Waals surface area contributed by atoms with Crippen molar-refractivity contribution < 1.29 is 31.4 Å². The highest BCUT2D eigenvalue weighted by Gasteiger charge is 2.38. The van der Waals surface area contributed by atoms with Gasteiger partial charge >= 0.3 is 12.4 Å². The Bertz CT molecular complexity index is 215. The van der Waals surface area contributed by atoms with Crippen molar-refractivity contribution in [3.8, 4) is 0 Å². The molecule has 0 spiro atoms. The SMILES string of the molecule is CCC(CCO)(CCC(F)(F)F)CCC(F)(F)F. The summed E-state index contributed by atoms with van der Waals surface area (Å²) in [6, 6.07) is 0. The standard InChI is InChI=1S/C11H18F6O/c1-2-9(7-8-18,3-5-10(12,13)14)4-6-11(15,16)17/h18H,2-8H2,1H3. The highest BCUT2D eigenvalue weighted by molar-refractivity contribution is 4.80. The van der Waals surface area contributed by atoms with Crippen LogP contribution in [0.15, 0.2) is 0 Å². The van der Waals surface area contributed by atoms with Gasteiger partial charge < -0.3 is 5.11 Å². The third-order valence-electron chi connectivity index (χ3n) is 3.27. The molecule has 0 aliphatic rings. The van der Waals surface area contributed by atoms with Crippen molar-refractivity contribution in [2.75, 3.05) is 6.61 Å². The molecule has 0 atom stereocenters. The summed E-state index contributed by atoms with van der Waals surface area (Å²) in [4.78, 5) is 0. The number of hydrogen-bond donors (Lipinski definition) is 1. The van der Waals surface area contributed by atoms with Crippen LogP contribution >= 0.6 is 0 Å². The first-order valence-corrected chi connectivity index (χ1v) is 5.78. The normalized spacial score (nSPS) is 14.0. The van der Waals surface area contributed by atoms with Crippen LogP contribution in [0, 0.1) is 5.41 Å². The summed E-state index contributed by atoms with van der Waals surface area (Å²) in [7, 11) is 0. The second-order valence-corrected chi connectivity index (χ2v) is 4.56. The van der Waals surface area contributed by atoms with E-state index in [9.17, 15) is 26.3 Å². The van der Waals surface area contributed by atoms with E-state index in [-0.39, 0.29) is 25.7 Å². The molecular weight excluding hydrogens is 262 g/mol. The van der Waals surface area contributed by atoms with Crippen LogP contribution in [0.3, 0.4) is 0 Å². The molecule has 1 nitrogen and oxygen atoms in total. The van der Waals surface area contributed by atoms with Gasteiger partial charge in [-0.1, -0.05) is 13.3 Å². The van der Waals surface area contributed by atoms with Gasteiger partial charge in [0.25, 0.3) is 0 Å². The molecular formula is C11H18F6O. The van der Waals surface area contributed by atoms with Gasteiger partial charge in [-0.25, -0.2) is 0 Å². The summed E-state index contributed by atoms with van der Waals surface area (Å²) in [5.41, 5.74) is -1.08. The maximum Gasteiger partial charge on any atom is 0.389 e. The molecule has 0 rings (SSSR count).